The Morgan fingerprint density at radius 1 is 1.19 bits per heavy atom. The van der Waals surface area contributed by atoms with E-state index < -0.39 is 29.1 Å². The number of imide groups is 1. The second kappa shape index (κ2) is 5.84. The molecule has 2 heterocycles. The number of nitrogens with zero attached hydrogens (tertiary/aromatic N) is 2. The zero-order valence-electron chi connectivity index (χ0n) is 13.6. The summed E-state index contributed by atoms with van der Waals surface area (Å²) in [6.45, 7) is 1.33. The van der Waals surface area contributed by atoms with Gasteiger partial charge in [0.1, 0.15) is 22.2 Å². The van der Waals surface area contributed by atoms with Gasteiger partial charge in [0.25, 0.3) is 5.91 Å². The monoisotopic (exact) mass is 373 g/mol. The van der Waals surface area contributed by atoms with Gasteiger partial charge < -0.3 is 5.32 Å². The first-order valence-electron chi connectivity index (χ1n) is 7.82. The van der Waals surface area contributed by atoms with Gasteiger partial charge in [0, 0.05) is 5.56 Å². The molecule has 1 aliphatic rings. The van der Waals surface area contributed by atoms with Gasteiger partial charge in [-0.25, -0.2) is 18.6 Å². The van der Waals surface area contributed by atoms with E-state index in [-0.39, 0.29) is 12.1 Å². The number of rotatable bonds is 3. The first-order chi connectivity index (χ1) is 12.4. The van der Waals surface area contributed by atoms with Gasteiger partial charge in [-0.1, -0.05) is 12.1 Å². The van der Waals surface area contributed by atoms with Crippen LogP contribution in [-0.4, -0.2) is 21.8 Å². The minimum absolute atomic E-state index is 0.0312. The van der Waals surface area contributed by atoms with E-state index in [1.165, 1.54) is 18.3 Å². The number of aromatic nitrogens is 1. The van der Waals surface area contributed by atoms with Crippen LogP contribution in [0.3, 0.4) is 0 Å². The average Bonchev–Trinajstić information content (AvgIpc) is 3.11. The Bertz CT molecular complexity index is 1020. The molecule has 0 radical (unpaired) electrons. The Balaban J connectivity index is 1.67. The number of hydrogen-bond donors (Lipinski definition) is 1. The summed E-state index contributed by atoms with van der Waals surface area (Å²) in [6.07, 6.45) is 0. The highest BCUT2D eigenvalue weighted by Gasteiger charge is 2.50. The molecule has 1 aromatic heterocycles. The Morgan fingerprint density at radius 2 is 1.96 bits per heavy atom. The normalized spacial score (nSPS) is 20.0. The summed E-state index contributed by atoms with van der Waals surface area (Å²) in [5, 5.41) is 3.06. The topological polar surface area (TPSA) is 62.3 Å². The van der Waals surface area contributed by atoms with Crippen LogP contribution in [0.25, 0.3) is 10.2 Å². The van der Waals surface area contributed by atoms with Crippen LogP contribution >= 0.6 is 11.3 Å². The zero-order valence-corrected chi connectivity index (χ0v) is 14.4. The van der Waals surface area contributed by atoms with Crippen molar-refractivity contribution in [2.75, 3.05) is 0 Å². The number of carbonyl (C=O) groups excluding carboxylic acids is 2. The van der Waals surface area contributed by atoms with Crippen LogP contribution in [0.1, 0.15) is 17.5 Å². The third-order valence-corrected chi connectivity index (χ3v) is 5.39. The first kappa shape index (κ1) is 16.6. The largest absolute Gasteiger partial charge is 0.325 e. The van der Waals surface area contributed by atoms with Crippen molar-refractivity contribution in [3.63, 3.8) is 0 Å². The van der Waals surface area contributed by atoms with Crippen LogP contribution in [-0.2, 0) is 16.9 Å². The number of urea groups is 1. The van der Waals surface area contributed by atoms with Crippen molar-refractivity contribution >= 4 is 33.5 Å². The predicted molar refractivity (Wildman–Crippen MR) is 92.4 cm³/mol. The lowest BCUT2D eigenvalue weighted by Gasteiger charge is -2.22. The number of amides is 3. The molecular formula is C18H13F2N3O2S. The van der Waals surface area contributed by atoms with Gasteiger partial charge >= 0.3 is 6.03 Å². The summed E-state index contributed by atoms with van der Waals surface area (Å²) < 4.78 is 28.6. The molecule has 1 fully saturated rings. The summed E-state index contributed by atoms with van der Waals surface area (Å²) in [5.74, 6) is -2.09. The Kier molecular flexibility index (Phi) is 3.73. The van der Waals surface area contributed by atoms with Crippen molar-refractivity contribution in [1.82, 2.24) is 15.2 Å². The molecule has 4 rings (SSSR count). The summed E-state index contributed by atoms with van der Waals surface area (Å²) in [4.78, 5) is 30.6. The maximum absolute atomic E-state index is 14.2. The maximum atomic E-state index is 14.2. The van der Waals surface area contributed by atoms with E-state index >= 15 is 0 Å². The van der Waals surface area contributed by atoms with Gasteiger partial charge in [-0.2, -0.15) is 0 Å². The Labute approximate surface area is 151 Å². The van der Waals surface area contributed by atoms with Crippen LogP contribution < -0.4 is 5.32 Å². The lowest BCUT2D eigenvalue weighted by atomic mass is 9.91. The molecule has 1 aliphatic heterocycles. The smallest absolute Gasteiger partial charge is 0.319 e. The molecule has 5 nitrogen and oxygen atoms in total. The van der Waals surface area contributed by atoms with E-state index in [1.807, 2.05) is 24.3 Å². The molecule has 8 heteroatoms. The first-order valence-corrected chi connectivity index (χ1v) is 8.64. The molecule has 2 aromatic carbocycles. The van der Waals surface area contributed by atoms with Gasteiger partial charge in [-0.15, -0.1) is 11.3 Å². The summed E-state index contributed by atoms with van der Waals surface area (Å²) >= 11 is 1.37. The number of hydrogen-bond acceptors (Lipinski definition) is 4. The van der Waals surface area contributed by atoms with E-state index in [0.717, 1.165) is 33.3 Å². The molecule has 0 spiro atoms. The van der Waals surface area contributed by atoms with E-state index in [9.17, 15) is 18.4 Å². The Hall–Kier alpha value is -2.87. The van der Waals surface area contributed by atoms with Crippen molar-refractivity contribution in [2.45, 2.75) is 19.0 Å². The summed E-state index contributed by atoms with van der Waals surface area (Å²) in [7, 11) is 0. The van der Waals surface area contributed by atoms with Crippen molar-refractivity contribution in [3.05, 3.63) is 64.7 Å². The molecule has 0 bridgehead atoms. The highest BCUT2D eigenvalue weighted by atomic mass is 32.1. The lowest BCUT2D eigenvalue weighted by Crippen LogP contribution is -2.41. The van der Waals surface area contributed by atoms with E-state index in [2.05, 4.69) is 10.3 Å². The number of fused-ring (bicyclic) bond motifs is 1. The minimum Gasteiger partial charge on any atom is -0.319 e. The lowest BCUT2D eigenvalue weighted by molar-refractivity contribution is -0.131. The molecule has 1 saturated heterocycles. The quantitative estimate of drug-likeness (QED) is 0.715. The maximum Gasteiger partial charge on any atom is 0.325 e. The SMILES string of the molecule is C[C@]1(c2cc(F)ccc2F)NC(=O)N(Cc2nc3ccccc3s2)C1=O. The van der Waals surface area contributed by atoms with Crippen molar-refractivity contribution < 1.29 is 18.4 Å². The van der Waals surface area contributed by atoms with Crippen LogP contribution in [0.2, 0.25) is 0 Å². The molecule has 0 aliphatic carbocycles. The fourth-order valence-electron chi connectivity index (χ4n) is 3.03. The second-order valence-electron chi connectivity index (χ2n) is 6.15. The van der Waals surface area contributed by atoms with E-state index in [4.69, 9.17) is 0 Å². The molecule has 132 valence electrons. The fraction of sp³-hybridized carbons (Fsp3) is 0.167. The molecule has 26 heavy (non-hydrogen) atoms. The molecule has 0 saturated carbocycles. The third kappa shape index (κ3) is 2.53. The molecule has 3 aromatic rings. The highest BCUT2D eigenvalue weighted by Crippen LogP contribution is 2.33. The molecule has 0 unspecified atom stereocenters. The molecule has 1 atom stereocenters. The summed E-state index contributed by atoms with van der Waals surface area (Å²) in [5.41, 5.74) is -1.10. The molecular weight excluding hydrogens is 360 g/mol. The standard InChI is InChI=1S/C18H13F2N3O2S/c1-18(11-8-10(19)6-7-12(11)20)16(24)23(17(25)22-18)9-15-21-13-4-2-3-5-14(13)26-15/h2-8H,9H2,1H3,(H,22,25)/t18-/m1/s1. The van der Waals surface area contributed by atoms with E-state index in [0.29, 0.717) is 5.01 Å². The number of carbonyl (C=O) groups is 2. The van der Waals surface area contributed by atoms with Crippen LogP contribution in [0.5, 0.6) is 0 Å². The van der Waals surface area contributed by atoms with Gasteiger partial charge in [0.15, 0.2) is 0 Å². The van der Waals surface area contributed by atoms with Crippen molar-refractivity contribution in [3.8, 4) is 0 Å². The van der Waals surface area contributed by atoms with Gasteiger partial charge in [-0.3, -0.25) is 9.69 Å². The average molecular weight is 373 g/mol. The number of nitrogens with one attached hydrogen (secondary N) is 1. The van der Waals surface area contributed by atoms with Crippen LogP contribution in [0.15, 0.2) is 42.5 Å². The summed E-state index contributed by atoms with van der Waals surface area (Å²) in [6, 6.07) is 9.62. The van der Waals surface area contributed by atoms with Crippen molar-refractivity contribution in [2.24, 2.45) is 0 Å². The van der Waals surface area contributed by atoms with Crippen LogP contribution in [0.4, 0.5) is 13.6 Å². The highest BCUT2D eigenvalue weighted by molar-refractivity contribution is 7.18. The van der Waals surface area contributed by atoms with Crippen molar-refractivity contribution in [1.29, 1.82) is 0 Å². The molecule has 3 amide bonds. The number of halogens is 2. The number of para-hydroxylation sites is 1. The molecule has 1 N–H and O–H groups in total. The predicted octanol–water partition coefficient (Wildman–Crippen LogP) is 3.54. The van der Waals surface area contributed by atoms with Gasteiger partial charge in [0.2, 0.25) is 0 Å². The second-order valence-corrected chi connectivity index (χ2v) is 7.26. The zero-order chi connectivity index (χ0) is 18.5. The Morgan fingerprint density at radius 3 is 2.73 bits per heavy atom. The van der Waals surface area contributed by atoms with Crippen LogP contribution in [0, 0.1) is 11.6 Å². The van der Waals surface area contributed by atoms with E-state index in [1.54, 1.807) is 0 Å². The fourth-order valence-corrected chi connectivity index (χ4v) is 3.98. The minimum atomic E-state index is -1.67. The number of thiazole rings is 1. The van der Waals surface area contributed by atoms with Gasteiger partial charge in [-0.05, 0) is 37.3 Å². The third-order valence-electron chi connectivity index (χ3n) is 4.37. The number of benzene rings is 2. The van der Waals surface area contributed by atoms with Gasteiger partial charge in [0.05, 0.1) is 16.8 Å².